The molecule has 0 aliphatic carbocycles. The van der Waals surface area contributed by atoms with Crippen LogP contribution in [0.15, 0.2) is 65.8 Å². The van der Waals surface area contributed by atoms with Crippen molar-refractivity contribution in [2.75, 3.05) is 11.9 Å². The summed E-state index contributed by atoms with van der Waals surface area (Å²) in [5.41, 5.74) is 7.40. The van der Waals surface area contributed by atoms with Gasteiger partial charge in [-0.1, -0.05) is 47.0 Å². The van der Waals surface area contributed by atoms with Crippen LogP contribution in [0.2, 0.25) is 5.02 Å². The highest BCUT2D eigenvalue weighted by atomic mass is 35.5. The van der Waals surface area contributed by atoms with Gasteiger partial charge in [-0.2, -0.15) is 5.10 Å². The molecule has 2 N–H and O–H groups in total. The number of hydrazone groups is 1. The van der Waals surface area contributed by atoms with Crippen LogP contribution in [0.25, 0.3) is 0 Å². The molecular formula is C25H24ClN3O3. The van der Waals surface area contributed by atoms with E-state index in [1.807, 2.05) is 51.1 Å². The molecule has 32 heavy (non-hydrogen) atoms. The van der Waals surface area contributed by atoms with Gasteiger partial charge in [0, 0.05) is 21.8 Å². The summed E-state index contributed by atoms with van der Waals surface area (Å²) >= 11 is 6.09. The van der Waals surface area contributed by atoms with Gasteiger partial charge in [0.15, 0.2) is 6.61 Å². The highest BCUT2D eigenvalue weighted by Crippen LogP contribution is 2.22. The van der Waals surface area contributed by atoms with Crippen LogP contribution in [-0.2, 0) is 4.79 Å². The maximum Gasteiger partial charge on any atom is 0.271 e. The number of carbonyl (C=O) groups is 2. The largest absolute Gasteiger partial charge is 0.483 e. The first-order valence-corrected chi connectivity index (χ1v) is 10.4. The third kappa shape index (κ3) is 6.43. The molecule has 0 saturated carbocycles. The average Bonchev–Trinajstić information content (AvgIpc) is 2.75. The van der Waals surface area contributed by atoms with E-state index >= 15 is 0 Å². The summed E-state index contributed by atoms with van der Waals surface area (Å²) < 4.78 is 5.67. The van der Waals surface area contributed by atoms with Gasteiger partial charge in [-0.25, -0.2) is 5.43 Å². The molecule has 6 nitrogen and oxygen atoms in total. The van der Waals surface area contributed by atoms with Gasteiger partial charge in [0.05, 0.1) is 6.21 Å². The van der Waals surface area contributed by atoms with Crippen LogP contribution in [0.3, 0.4) is 0 Å². The topological polar surface area (TPSA) is 79.8 Å². The molecule has 0 radical (unpaired) electrons. The lowest BCUT2D eigenvalue weighted by atomic mass is 10.1. The average molecular weight is 450 g/mol. The fraction of sp³-hybridized carbons (Fsp3) is 0.160. The molecular weight excluding hydrogens is 426 g/mol. The Morgan fingerprint density at radius 3 is 2.41 bits per heavy atom. The molecule has 0 atom stereocenters. The van der Waals surface area contributed by atoms with Crippen LogP contribution < -0.4 is 15.5 Å². The quantitative estimate of drug-likeness (QED) is 0.391. The molecule has 164 valence electrons. The minimum absolute atomic E-state index is 0.189. The second kappa shape index (κ2) is 10.6. The summed E-state index contributed by atoms with van der Waals surface area (Å²) in [6.07, 6.45) is 1.43. The van der Waals surface area contributed by atoms with E-state index < -0.39 is 0 Å². The monoisotopic (exact) mass is 449 g/mol. The highest BCUT2D eigenvalue weighted by molar-refractivity contribution is 6.30. The molecule has 0 aliphatic heterocycles. The smallest absolute Gasteiger partial charge is 0.271 e. The summed E-state index contributed by atoms with van der Waals surface area (Å²) in [5.74, 6) is -0.209. The maximum atomic E-state index is 12.3. The SMILES string of the molecule is Cc1ccc(C(=O)N/N=C/c2cc(Cl)ccc2OCC(=O)Nc2ccc(C)cc2C)cc1. The molecule has 3 aromatic rings. The number of amides is 2. The highest BCUT2D eigenvalue weighted by Gasteiger charge is 2.09. The number of nitrogens with one attached hydrogen (secondary N) is 2. The Hall–Kier alpha value is -3.64. The number of aryl methyl sites for hydroxylation is 3. The van der Waals surface area contributed by atoms with Gasteiger partial charge in [0.25, 0.3) is 11.8 Å². The summed E-state index contributed by atoms with van der Waals surface area (Å²) in [6.45, 7) is 5.69. The van der Waals surface area contributed by atoms with E-state index in [0.29, 0.717) is 21.9 Å². The fourth-order valence-corrected chi connectivity index (χ4v) is 3.15. The lowest BCUT2D eigenvalue weighted by molar-refractivity contribution is -0.118. The van der Waals surface area contributed by atoms with Gasteiger partial charge in [-0.05, 0) is 62.7 Å². The van der Waals surface area contributed by atoms with Crippen LogP contribution in [0.1, 0.15) is 32.6 Å². The van der Waals surface area contributed by atoms with Crippen molar-refractivity contribution < 1.29 is 14.3 Å². The number of hydrogen-bond donors (Lipinski definition) is 2. The van der Waals surface area contributed by atoms with Crippen LogP contribution >= 0.6 is 11.6 Å². The molecule has 0 spiro atoms. The van der Waals surface area contributed by atoms with Crippen LogP contribution in [0.4, 0.5) is 5.69 Å². The second-order valence-corrected chi connectivity index (χ2v) is 7.84. The zero-order valence-electron chi connectivity index (χ0n) is 18.1. The van der Waals surface area contributed by atoms with Crippen LogP contribution in [0, 0.1) is 20.8 Å². The number of benzene rings is 3. The molecule has 0 heterocycles. The van der Waals surface area contributed by atoms with Crippen molar-refractivity contribution in [3.8, 4) is 5.75 Å². The Kier molecular flexibility index (Phi) is 7.63. The van der Waals surface area contributed by atoms with E-state index in [2.05, 4.69) is 15.8 Å². The summed E-state index contributed by atoms with van der Waals surface area (Å²) in [5, 5.41) is 7.31. The molecule has 0 saturated heterocycles. The number of halogens is 1. The lowest BCUT2D eigenvalue weighted by Gasteiger charge is -2.12. The van der Waals surface area contributed by atoms with Crippen molar-refractivity contribution in [3.05, 3.63) is 93.5 Å². The normalized spacial score (nSPS) is 10.8. The van der Waals surface area contributed by atoms with Crippen LogP contribution in [-0.4, -0.2) is 24.6 Å². The molecule has 0 aliphatic rings. The van der Waals surface area contributed by atoms with Crippen molar-refractivity contribution >= 4 is 35.3 Å². The Morgan fingerprint density at radius 1 is 0.969 bits per heavy atom. The third-order valence-electron chi connectivity index (χ3n) is 4.67. The zero-order valence-corrected chi connectivity index (χ0v) is 18.9. The minimum atomic E-state index is -0.335. The van der Waals surface area contributed by atoms with Gasteiger partial charge in [-0.15, -0.1) is 0 Å². The second-order valence-electron chi connectivity index (χ2n) is 7.40. The molecule has 3 rings (SSSR count). The fourth-order valence-electron chi connectivity index (χ4n) is 2.97. The van der Waals surface area contributed by atoms with Gasteiger partial charge in [-0.3, -0.25) is 9.59 Å². The first kappa shape index (κ1) is 23.0. The van der Waals surface area contributed by atoms with Crippen molar-refractivity contribution in [3.63, 3.8) is 0 Å². The summed E-state index contributed by atoms with van der Waals surface area (Å²) in [7, 11) is 0. The molecule has 2 amide bonds. The number of nitrogens with zero attached hydrogens (tertiary/aromatic N) is 1. The number of anilines is 1. The first-order chi connectivity index (χ1) is 15.3. The number of hydrogen-bond acceptors (Lipinski definition) is 4. The Bertz CT molecular complexity index is 1160. The Labute approximate surface area is 192 Å². The number of carbonyl (C=O) groups excluding carboxylic acids is 2. The van der Waals surface area contributed by atoms with E-state index in [1.54, 1.807) is 30.3 Å². The number of rotatable bonds is 7. The first-order valence-electron chi connectivity index (χ1n) is 10.0. The van der Waals surface area contributed by atoms with E-state index in [1.165, 1.54) is 6.21 Å². The molecule has 0 unspecified atom stereocenters. The van der Waals surface area contributed by atoms with Gasteiger partial charge in [0.2, 0.25) is 0 Å². The molecule has 0 aromatic heterocycles. The van der Waals surface area contributed by atoms with E-state index in [-0.39, 0.29) is 18.4 Å². The van der Waals surface area contributed by atoms with E-state index in [0.717, 1.165) is 22.4 Å². The molecule has 3 aromatic carbocycles. The standard InChI is InChI=1S/C25H24ClN3O3/c1-16-4-7-19(8-5-16)25(31)29-27-14-20-13-21(26)9-11-23(20)32-15-24(30)28-22-10-6-17(2)12-18(22)3/h4-14H,15H2,1-3H3,(H,28,30)(H,29,31)/b27-14+. The van der Waals surface area contributed by atoms with Crippen molar-refractivity contribution in [1.29, 1.82) is 0 Å². The van der Waals surface area contributed by atoms with Crippen molar-refractivity contribution in [2.45, 2.75) is 20.8 Å². The van der Waals surface area contributed by atoms with E-state index in [9.17, 15) is 9.59 Å². The maximum absolute atomic E-state index is 12.3. The van der Waals surface area contributed by atoms with Gasteiger partial charge in [0.1, 0.15) is 5.75 Å². The zero-order chi connectivity index (χ0) is 23.1. The number of ether oxygens (including phenoxy) is 1. The van der Waals surface area contributed by atoms with Gasteiger partial charge >= 0.3 is 0 Å². The molecule has 0 fully saturated rings. The predicted molar refractivity (Wildman–Crippen MR) is 128 cm³/mol. The Morgan fingerprint density at radius 2 is 1.69 bits per heavy atom. The van der Waals surface area contributed by atoms with E-state index in [4.69, 9.17) is 16.3 Å². The van der Waals surface area contributed by atoms with Crippen LogP contribution in [0.5, 0.6) is 5.75 Å². The predicted octanol–water partition coefficient (Wildman–Crippen LogP) is 5.05. The van der Waals surface area contributed by atoms with Gasteiger partial charge < -0.3 is 10.1 Å². The molecule has 0 bridgehead atoms. The lowest BCUT2D eigenvalue weighted by Crippen LogP contribution is -2.21. The molecule has 7 heteroatoms. The van der Waals surface area contributed by atoms with Crippen molar-refractivity contribution in [1.82, 2.24) is 5.43 Å². The summed E-state index contributed by atoms with van der Waals surface area (Å²) in [4.78, 5) is 24.5. The minimum Gasteiger partial charge on any atom is -0.483 e. The Balaban J connectivity index is 1.62. The summed E-state index contributed by atoms with van der Waals surface area (Å²) in [6, 6.07) is 17.9. The van der Waals surface area contributed by atoms with Crippen molar-refractivity contribution in [2.24, 2.45) is 5.10 Å². The third-order valence-corrected chi connectivity index (χ3v) is 4.91.